The second kappa shape index (κ2) is 10.9. The van der Waals surface area contributed by atoms with Crippen molar-refractivity contribution >= 4 is 36.0 Å². The molecular formula is C13H21N2O11P3S. The molecule has 13 nitrogen and oxygen atoms in total. The normalized spacial score (nSPS) is 32.0. The summed E-state index contributed by atoms with van der Waals surface area (Å²) in [7, 11) is -13.8. The Morgan fingerprint density at radius 2 is 2.00 bits per heavy atom. The fourth-order valence-corrected chi connectivity index (χ4v) is 6.55. The number of allylic oxidation sites excluding steroid dienone is 2. The molecule has 2 rings (SSSR count). The minimum Gasteiger partial charge on any atom is -0.398 e. The van der Waals surface area contributed by atoms with E-state index in [2.05, 4.69) is 30.3 Å². The first-order valence-electron chi connectivity index (χ1n) is 8.21. The highest BCUT2D eigenvalue weighted by molar-refractivity contribution is 8.00. The number of nitrogens with one attached hydrogen (secondary N) is 1. The number of aliphatic hydroxyl groups is 2. The molecule has 0 aromatic carbocycles. The summed E-state index contributed by atoms with van der Waals surface area (Å²) in [5.41, 5.74) is 7.15. The SMILES string of the molecule is NC(/C=C\N[C@@H]1S[C@H](COP(=O)(O)OP(=O)(O)OP(O)O)[C@@H](O)[C@H]1O)=C1\C#CCC1. The lowest BCUT2D eigenvalue weighted by atomic mass is 10.1. The molecule has 1 saturated heterocycles. The van der Waals surface area contributed by atoms with Crippen molar-refractivity contribution in [2.24, 2.45) is 5.73 Å². The third-order valence-electron chi connectivity index (χ3n) is 3.76. The van der Waals surface area contributed by atoms with Gasteiger partial charge in [-0.2, -0.15) is 4.31 Å². The lowest BCUT2D eigenvalue weighted by molar-refractivity contribution is 0.0174. The average molecular weight is 506 g/mol. The second-order valence-electron chi connectivity index (χ2n) is 5.96. The van der Waals surface area contributed by atoms with Gasteiger partial charge in [0.25, 0.3) is 0 Å². The number of hydrogen-bond acceptors (Lipinski definition) is 12. The zero-order valence-electron chi connectivity index (χ0n) is 15.1. The Morgan fingerprint density at radius 3 is 2.60 bits per heavy atom. The lowest BCUT2D eigenvalue weighted by Crippen LogP contribution is -2.38. The molecule has 6 atom stereocenters. The number of phosphoric acid groups is 2. The Labute approximate surface area is 177 Å². The first kappa shape index (κ1) is 25.8. The minimum atomic E-state index is -5.28. The summed E-state index contributed by atoms with van der Waals surface area (Å²) in [6, 6.07) is 0. The average Bonchev–Trinajstić information content (AvgIpc) is 3.22. The molecule has 0 aromatic heterocycles. The van der Waals surface area contributed by atoms with Crippen molar-refractivity contribution in [2.45, 2.75) is 35.7 Å². The maximum absolute atomic E-state index is 11.7. The van der Waals surface area contributed by atoms with E-state index in [0.29, 0.717) is 5.70 Å². The topological polar surface area (TPSA) is 221 Å². The summed E-state index contributed by atoms with van der Waals surface area (Å²) >= 11 is 0.981. The van der Waals surface area contributed by atoms with Gasteiger partial charge in [-0.3, -0.25) is 4.52 Å². The van der Waals surface area contributed by atoms with Gasteiger partial charge in [0.15, 0.2) is 0 Å². The first-order valence-corrected chi connectivity index (χ1v) is 13.3. The molecule has 1 aliphatic carbocycles. The predicted octanol–water partition coefficient (Wildman–Crippen LogP) is -0.275. The molecule has 0 amide bonds. The highest BCUT2D eigenvalue weighted by Gasteiger charge is 2.44. The molecule has 1 heterocycles. The molecule has 1 fully saturated rings. The van der Waals surface area contributed by atoms with Crippen molar-refractivity contribution in [3.05, 3.63) is 23.5 Å². The van der Waals surface area contributed by atoms with E-state index >= 15 is 0 Å². The third-order valence-corrected chi connectivity index (χ3v) is 8.77. The van der Waals surface area contributed by atoms with E-state index in [9.17, 15) is 24.2 Å². The number of rotatable bonds is 10. The Kier molecular flexibility index (Phi) is 9.36. The minimum absolute atomic E-state index is 0.467. The van der Waals surface area contributed by atoms with Gasteiger partial charge in [0.05, 0.1) is 18.0 Å². The molecule has 30 heavy (non-hydrogen) atoms. The van der Waals surface area contributed by atoms with Gasteiger partial charge in [-0.05, 0) is 18.7 Å². The maximum atomic E-state index is 11.7. The standard InChI is InChI=1S/C13H21N2O11P3S/c14-9(8-3-1-2-4-8)5-6-15-13-12(17)11(16)10(30-13)7-24-28(20,21)26-29(22,23)25-27(18)19/h5-6,10-13,15-19H,1,3,7,14H2,(H,20,21)(H,22,23)/b6-5-,9-8-/t10-,11-,12-,13-/m1/s1. The molecule has 170 valence electrons. The number of hydrogen-bond donors (Lipinski definition) is 8. The van der Waals surface area contributed by atoms with Gasteiger partial charge in [0.1, 0.15) is 11.5 Å². The van der Waals surface area contributed by atoms with Crippen molar-refractivity contribution in [3.63, 3.8) is 0 Å². The van der Waals surface area contributed by atoms with E-state index in [-0.39, 0.29) is 0 Å². The van der Waals surface area contributed by atoms with E-state index in [0.717, 1.165) is 30.2 Å². The zero-order chi connectivity index (χ0) is 22.5. The van der Waals surface area contributed by atoms with Gasteiger partial charge in [0.2, 0.25) is 0 Å². The molecule has 2 unspecified atom stereocenters. The lowest BCUT2D eigenvalue weighted by Gasteiger charge is -2.19. The molecule has 9 N–H and O–H groups in total. The Balaban J connectivity index is 1.87. The second-order valence-corrected chi connectivity index (χ2v) is 11.3. The van der Waals surface area contributed by atoms with Crippen molar-refractivity contribution in [1.29, 1.82) is 0 Å². The van der Waals surface area contributed by atoms with Gasteiger partial charge in [-0.25, -0.2) is 13.4 Å². The van der Waals surface area contributed by atoms with Gasteiger partial charge in [-0.15, -0.1) is 11.8 Å². The highest BCUT2D eigenvalue weighted by atomic mass is 32.2. The van der Waals surface area contributed by atoms with E-state index in [1.807, 2.05) is 0 Å². The van der Waals surface area contributed by atoms with Crippen molar-refractivity contribution in [1.82, 2.24) is 5.32 Å². The van der Waals surface area contributed by atoms with E-state index in [1.54, 1.807) is 6.08 Å². The van der Waals surface area contributed by atoms with Crippen LogP contribution in [0.5, 0.6) is 0 Å². The number of nitrogens with two attached hydrogens (primary N) is 1. The molecule has 0 saturated carbocycles. The van der Waals surface area contributed by atoms with E-state index in [1.165, 1.54) is 6.20 Å². The molecule has 0 spiro atoms. The van der Waals surface area contributed by atoms with Crippen LogP contribution in [-0.4, -0.2) is 59.2 Å². The van der Waals surface area contributed by atoms with Crippen LogP contribution in [0.25, 0.3) is 0 Å². The van der Waals surface area contributed by atoms with Gasteiger partial charge in [-0.1, -0.05) is 11.8 Å². The molecule has 1 aliphatic heterocycles. The van der Waals surface area contributed by atoms with Crippen LogP contribution in [0.4, 0.5) is 0 Å². The van der Waals surface area contributed by atoms with Gasteiger partial charge < -0.3 is 40.8 Å². The fraction of sp³-hybridized carbons (Fsp3) is 0.538. The van der Waals surface area contributed by atoms with Crippen LogP contribution >= 0.6 is 36.0 Å². The van der Waals surface area contributed by atoms with Crippen molar-refractivity contribution in [2.75, 3.05) is 6.61 Å². The van der Waals surface area contributed by atoms with Crippen molar-refractivity contribution < 1.29 is 52.1 Å². The largest absolute Gasteiger partial charge is 0.487 e. The third kappa shape index (κ3) is 7.89. The van der Waals surface area contributed by atoms with Crippen LogP contribution < -0.4 is 11.1 Å². The summed E-state index contributed by atoms with van der Waals surface area (Å²) in [6.45, 7) is -0.645. The molecule has 2 aliphatic rings. The smallest absolute Gasteiger partial charge is 0.398 e. The van der Waals surface area contributed by atoms with Crippen LogP contribution in [0.1, 0.15) is 12.8 Å². The maximum Gasteiger partial charge on any atom is 0.487 e. The van der Waals surface area contributed by atoms with Crippen LogP contribution in [0, 0.1) is 11.8 Å². The Morgan fingerprint density at radius 1 is 1.30 bits per heavy atom. The van der Waals surface area contributed by atoms with Crippen LogP contribution in [-0.2, 0) is 22.3 Å². The molecule has 0 radical (unpaired) electrons. The summed E-state index contributed by atoms with van der Waals surface area (Å²) in [5.74, 6) is 5.80. The zero-order valence-corrected chi connectivity index (χ0v) is 18.6. The molecule has 0 aromatic rings. The Hall–Kier alpha value is -0.480. The van der Waals surface area contributed by atoms with E-state index < -0.39 is 53.7 Å². The van der Waals surface area contributed by atoms with Gasteiger partial charge in [0, 0.05) is 17.7 Å². The number of aliphatic hydroxyl groups excluding tert-OH is 2. The summed E-state index contributed by atoms with van der Waals surface area (Å²) < 4.78 is 35.2. The van der Waals surface area contributed by atoms with Crippen LogP contribution in [0.3, 0.4) is 0 Å². The molecule has 17 heteroatoms. The number of phosphoric ester groups is 1. The quantitative estimate of drug-likeness (QED) is 0.141. The predicted molar refractivity (Wildman–Crippen MR) is 107 cm³/mol. The summed E-state index contributed by atoms with van der Waals surface area (Å²) in [5, 5.41) is 21.4. The monoisotopic (exact) mass is 506 g/mol. The number of thioether (sulfide) groups is 1. The van der Waals surface area contributed by atoms with E-state index in [4.69, 9.17) is 20.4 Å². The van der Waals surface area contributed by atoms with Crippen LogP contribution in [0.2, 0.25) is 0 Å². The van der Waals surface area contributed by atoms with Gasteiger partial charge >= 0.3 is 24.2 Å². The first-order chi connectivity index (χ1) is 13.9. The Bertz CT molecular complexity index is 842. The summed E-state index contributed by atoms with van der Waals surface area (Å²) in [4.78, 5) is 35.7. The van der Waals surface area contributed by atoms with Crippen LogP contribution in [0.15, 0.2) is 23.5 Å². The highest BCUT2D eigenvalue weighted by Crippen LogP contribution is 2.64. The van der Waals surface area contributed by atoms with Crippen molar-refractivity contribution in [3.8, 4) is 11.8 Å². The summed E-state index contributed by atoms with van der Waals surface area (Å²) in [6.07, 6.45) is 1.86. The fourth-order valence-electron chi connectivity index (χ4n) is 2.42. The molecular weight excluding hydrogens is 485 g/mol. The molecule has 0 bridgehead atoms.